The molecule has 0 aliphatic carbocycles. The molecule has 0 bridgehead atoms. The lowest BCUT2D eigenvalue weighted by atomic mass is 9.85. The molecule has 1 nitrogen and oxygen atoms in total. The number of hydrogen-bond acceptors (Lipinski definition) is 1. The molecule has 1 rings (SSSR count). The maximum absolute atomic E-state index is 10.5. The molecule has 0 radical (unpaired) electrons. The van der Waals surface area contributed by atoms with Crippen LogP contribution in [0, 0.1) is 12.8 Å². The van der Waals surface area contributed by atoms with Crippen LogP contribution in [0.4, 0.5) is 0 Å². The molecule has 0 aliphatic heterocycles. The Hall–Kier alpha value is -0.820. The lowest BCUT2D eigenvalue weighted by Gasteiger charge is -2.27. The standard InChI is InChI=1S/C15H24O/c1-5-6-13(3)11-15(4,16)14-9-7-12(2)8-10-14/h7-10,13,16H,5-6,11H2,1-4H3. The van der Waals surface area contributed by atoms with Crippen molar-refractivity contribution in [1.82, 2.24) is 0 Å². The molecule has 2 atom stereocenters. The van der Waals surface area contributed by atoms with E-state index in [0.717, 1.165) is 12.0 Å². The molecule has 1 heteroatoms. The second kappa shape index (κ2) is 5.49. The molecule has 0 spiro atoms. The molecule has 90 valence electrons. The maximum Gasteiger partial charge on any atom is 0.0871 e. The Balaban J connectivity index is 2.72. The fraction of sp³-hybridized carbons (Fsp3) is 0.600. The van der Waals surface area contributed by atoms with Crippen LogP contribution in [-0.2, 0) is 5.60 Å². The zero-order valence-electron chi connectivity index (χ0n) is 11.0. The zero-order valence-corrected chi connectivity index (χ0v) is 11.0. The Bertz CT molecular complexity index is 311. The van der Waals surface area contributed by atoms with Gasteiger partial charge in [0.15, 0.2) is 0 Å². The SMILES string of the molecule is CCCC(C)CC(C)(O)c1ccc(C)cc1. The summed E-state index contributed by atoms with van der Waals surface area (Å²) >= 11 is 0. The molecule has 0 fully saturated rings. The molecule has 16 heavy (non-hydrogen) atoms. The van der Waals surface area contributed by atoms with Crippen molar-refractivity contribution < 1.29 is 5.11 Å². The first kappa shape index (κ1) is 13.2. The Morgan fingerprint density at radius 1 is 1.25 bits per heavy atom. The highest BCUT2D eigenvalue weighted by molar-refractivity contribution is 5.25. The first-order valence-electron chi connectivity index (χ1n) is 6.25. The van der Waals surface area contributed by atoms with Crippen molar-refractivity contribution in [2.75, 3.05) is 0 Å². The topological polar surface area (TPSA) is 20.2 Å². The van der Waals surface area contributed by atoms with Crippen LogP contribution in [0.5, 0.6) is 0 Å². The van der Waals surface area contributed by atoms with Gasteiger partial charge in [-0.15, -0.1) is 0 Å². The van der Waals surface area contributed by atoms with Crippen LogP contribution in [0.15, 0.2) is 24.3 Å². The number of rotatable bonds is 5. The van der Waals surface area contributed by atoms with Gasteiger partial charge in [0.05, 0.1) is 5.60 Å². The number of aryl methyl sites for hydroxylation is 1. The number of aliphatic hydroxyl groups is 1. The monoisotopic (exact) mass is 220 g/mol. The van der Waals surface area contributed by atoms with Gasteiger partial charge in [-0.2, -0.15) is 0 Å². The summed E-state index contributed by atoms with van der Waals surface area (Å²) in [5, 5.41) is 10.5. The van der Waals surface area contributed by atoms with E-state index < -0.39 is 5.60 Å². The molecular formula is C15H24O. The molecule has 1 aromatic carbocycles. The van der Waals surface area contributed by atoms with E-state index in [1.54, 1.807) is 0 Å². The van der Waals surface area contributed by atoms with Gasteiger partial charge in [0, 0.05) is 0 Å². The van der Waals surface area contributed by atoms with Gasteiger partial charge < -0.3 is 5.11 Å². The summed E-state index contributed by atoms with van der Waals surface area (Å²) in [6.45, 7) is 8.39. The van der Waals surface area contributed by atoms with Crippen molar-refractivity contribution in [3.63, 3.8) is 0 Å². The van der Waals surface area contributed by atoms with Crippen molar-refractivity contribution in [2.45, 2.75) is 52.6 Å². The Labute approximate surface area is 99.5 Å². The van der Waals surface area contributed by atoms with Crippen molar-refractivity contribution in [2.24, 2.45) is 5.92 Å². The molecule has 0 heterocycles. The largest absolute Gasteiger partial charge is 0.385 e. The van der Waals surface area contributed by atoms with Crippen LogP contribution in [0.2, 0.25) is 0 Å². The Kier molecular flexibility index (Phi) is 4.55. The van der Waals surface area contributed by atoms with Crippen LogP contribution in [0.1, 0.15) is 51.2 Å². The molecule has 1 aromatic rings. The van der Waals surface area contributed by atoms with Gasteiger partial charge in [-0.1, -0.05) is 56.5 Å². The molecule has 0 amide bonds. The van der Waals surface area contributed by atoms with Crippen LogP contribution >= 0.6 is 0 Å². The van der Waals surface area contributed by atoms with Crippen molar-refractivity contribution in [1.29, 1.82) is 0 Å². The third kappa shape index (κ3) is 3.64. The van der Waals surface area contributed by atoms with Gasteiger partial charge in [0.2, 0.25) is 0 Å². The average molecular weight is 220 g/mol. The summed E-state index contributed by atoms with van der Waals surface area (Å²) in [5.41, 5.74) is 1.57. The first-order valence-corrected chi connectivity index (χ1v) is 6.25. The summed E-state index contributed by atoms with van der Waals surface area (Å²) in [6, 6.07) is 8.20. The lowest BCUT2D eigenvalue weighted by Crippen LogP contribution is -2.24. The minimum atomic E-state index is -0.692. The maximum atomic E-state index is 10.5. The number of benzene rings is 1. The third-order valence-electron chi connectivity index (χ3n) is 3.20. The first-order chi connectivity index (χ1) is 7.45. The van der Waals surface area contributed by atoms with E-state index in [2.05, 4.69) is 32.9 Å². The predicted molar refractivity (Wildman–Crippen MR) is 69.4 cm³/mol. The second-order valence-corrected chi connectivity index (χ2v) is 5.24. The van der Waals surface area contributed by atoms with E-state index in [1.165, 1.54) is 18.4 Å². The zero-order chi connectivity index (χ0) is 12.2. The van der Waals surface area contributed by atoms with E-state index in [-0.39, 0.29) is 0 Å². The molecule has 0 aromatic heterocycles. The highest BCUT2D eigenvalue weighted by atomic mass is 16.3. The minimum Gasteiger partial charge on any atom is -0.385 e. The Morgan fingerprint density at radius 2 is 1.81 bits per heavy atom. The smallest absolute Gasteiger partial charge is 0.0871 e. The molecule has 1 N–H and O–H groups in total. The van der Waals surface area contributed by atoms with Crippen LogP contribution in [-0.4, -0.2) is 5.11 Å². The molecule has 0 aliphatic rings. The van der Waals surface area contributed by atoms with Gasteiger partial charge in [-0.25, -0.2) is 0 Å². The highest BCUT2D eigenvalue weighted by Gasteiger charge is 2.24. The summed E-state index contributed by atoms with van der Waals surface area (Å²) in [4.78, 5) is 0. The third-order valence-corrected chi connectivity index (χ3v) is 3.20. The van der Waals surface area contributed by atoms with Gasteiger partial charge in [-0.3, -0.25) is 0 Å². The number of hydrogen-bond donors (Lipinski definition) is 1. The van der Waals surface area contributed by atoms with E-state index in [4.69, 9.17) is 0 Å². The van der Waals surface area contributed by atoms with Gasteiger partial charge in [-0.05, 0) is 31.7 Å². The summed E-state index contributed by atoms with van der Waals surface area (Å²) in [5.74, 6) is 0.571. The van der Waals surface area contributed by atoms with Crippen molar-refractivity contribution in [3.05, 3.63) is 35.4 Å². The van der Waals surface area contributed by atoms with E-state index in [9.17, 15) is 5.11 Å². The lowest BCUT2D eigenvalue weighted by molar-refractivity contribution is 0.0311. The molecule has 0 saturated carbocycles. The highest BCUT2D eigenvalue weighted by Crippen LogP contribution is 2.29. The second-order valence-electron chi connectivity index (χ2n) is 5.24. The van der Waals surface area contributed by atoms with E-state index >= 15 is 0 Å². The quantitative estimate of drug-likeness (QED) is 0.794. The molecular weight excluding hydrogens is 196 g/mol. The van der Waals surface area contributed by atoms with E-state index in [0.29, 0.717) is 5.92 Å². The van der Waals surface area contributed by atoms with Gasteiger partial charge in [0.1, 0.15) is 0 Å². The van der Waals surface area contributed by atoms with Crippen molar-refractivity contribution in [3.8, 4) is 0 Å². The summed E-state index contributed by atoms with van der Waals surface area (Å²) in [6.07, 6.45) is 3.21. The summed E-state index contributed by atoms with van der Waals surface area (Å²) < 4.78 is 0. The van der Waals surface area contributed by atoms with Crippen LogP contribution in [0.3, 0.4) is 0 Å². The molecule has 0 saturated heterocycles. The normalized spacial score (nSPS) is 16.8. The van der Waals surface area contributed by atoms with Crippen LogP contribution < -0.4 is 0 Å². The fourth-order valence-corrected chi connectivity index (χ4v) is 2.30. The van der Waals surface area contributed by atoms with Crippen molar-refractivity contribution >= 4 is 0 Å². The van der Waals surface area contributed by atoms with Gasteiger partial charge >= 0.3 is 0 Å². The van der Waals surface area contributed by atoms with Crippen LogP contribution in [0.25, 0.3) is 0 Å². The predicted octanol–water partition coefficient (Wildman–Crippen LogP) is 4.03. The summed E-state index contributed by atoms with van der Waals surface area (Å²) in [7, 11) is 0. The van der Waals surface area contributed by atoms with E-state index in [1.807, 2.05) is 19.1 Å². The molecule has 2 unspecified atom stereocenters. The average Bonchev–Trinajstić information content (AvgIpc) is 2.17. The minimum absolute atomic E-state index is 0.571. The fourth-order valence-electron chi connectivity index (χ4n) is 2.30. The Morgan fingerprint density at radius 3 is 2.31 bits per heavy atom. The van der Waals surface area contributed by atoms with Gasteiger partial charge in [0.25, 0.3) is 0 Å².